The van der Waals surface area contributed by atoms with Crippen LogP contribution in [0.2, 0.25) is 0 Å². The summed E-state index contributed by atoms with van der Waals surface area (Å²) in [4.78, 5) is 9.65. The fraction of sp³-hybridized carbons (Fsp3) is 0. The van der Waals surface area contributed by atoms with Gasteiger partial charge in [-0.05, 0) is 0 Å². The Hall–Kier alpha value is -0.500. The zero-order valence-electron chi connectivity index (χ0n) is 3.02. The van der Waals surface area contributed by atoms with Crippen molar-refractivity contribution in [3.8, 4) is 0 Å². The van der Waals surface area contributed by atoms with Crippen LogP contribution < -0.4 is 5.73 Å². The largest absolute Gasteiger partial charge is 0.366 e. The van der Waals surface area contributed by atoms with Gasteiger partial charge in [0, 0.05) is 11.6 Å². The van der Waals surface area contributed by atoms with E-state index in [2.05, 4.69) is 5.73 Å². The van der Waals surface area contributed by atoms with E-state index in [1.165, 1.54) is 0 Å². The zero-order chi connectivity index (χ0) is 4.99. The van der Waals surface area contributed by atoms with Crippen LogP contribution in [-0.2, 0) is 4.79 Å². The molecule has 2 nitrogen and oxygen atoms in total. The Kier molecular flexibility index (Phi) is 2.50. The van der Waals surface area contributed by atoms with Crippen molar-refractivity contribution in [3.05, 3.63) is 11.6 Å². The van der Waals surface area contributed by atoms with Gasteiger partial charge in [-0.15, -0.1) is 0 Å². The maximum absolute atomic E-state index is 9.65. The van der Waals surface area contributed by atoms with Crippen molar-refractivity contribution in [2.45, 2.75) is 0 Å². The van der Waals surface area contributed by atoms with Crippen LogP contribution in [0.3, 0.4) is 0 Å². The van der Waals surface area contributed by atoms with E-state index in [-0.39, 0.29) is 0 Å². The third-order valence-electron chi connectivity index (χ3n) is 0.227. The summed E-state index contributed by atoms with van der Waals surface area (Å²) in [5.74, 6) is -0.523. The van der Waals surface area contributed by atoms with E-state index in [0.717, 1.165) is 11.6 Å². The standard InChI is InChI=1S/C3H4ClNO/c4-2-1-3(5)6/h1-2H,(H2,5,6). The lowest BCUT2D eigenvalue weighted by Gasteiger charge is -1.68. The molecule has 0 aliphatic rings. The van der Waals surface area contributed by atoms with Crippen LogP contribution in [-0.4, -0.2) is 5.91 Å². The fourth-order valence-electron chi connectivity index (χ4n) is 0.0621. The summed E-state index contributed by atoms with van der Waals surface area (Å²) in [6, 6.07) is 0. The molecule has 0 rings (SSSR count). The Balaban J connectivity index is 3.30. The predicted octanol–water partition coefficient (Wildman–Crippen LogP) is 0.224. The first-order chi connectivity index (χ1) is 2.77. The van der Waals surface area contributed by atoms with E-state index < -0.39 is 5.91 Å². The third-order valence-corrected chi connectivity index (χ3v) is 0.353. The molecule has 2 N–H and O–H groups in total. The molecule has 0 aromatic rings. The number of amides is 1. The SMILES string of the molecule is NC(=O)C=CCl. The second-order valence-electron chi connectivity index (χ2n) is 0.695. The molecule has 3 heteroatoms. The first-order valence-corrected chi connectivity index (χ1v) is 1.77. The van der Waals surface area contributed by atoms with Crippen LogP contribution in [0.4, 0.5) is 0 Å². The molecule has 0 atom stereocenters. The van der Waals surface area contributed by atoms with Gasteiger partial charge in [0.05, 0.1) is 0 Å². The molecule has 0 radical (unpaired) electrons. The van der Waals surface area contributed by atoms with Gasteiger partial charge in [-0.3, -0.25) is 4.79 Å². The molecule has 0 aromatic carbocycles. The van der Waals surface area contributed by atoms with E-state index in [4.69, 9.17) is 11.6 Å². The Morgan fingerprint density at radius 3 is 2.33 bits per heavy atom. The lowest BCUT2D eigenvalue weighted by molar-refractivity contribution is -0.113. The Morgan fingerprint density at radius 1 is 1.83 bits per heavy atom. The zero-order valence-corrected chi connectivity index (χ0v) is 3.77. The number of halogens is 1. The van der Waals surface area contributed by atoms with Crippen molar-refractivity contribution in [1.29, 1.82) is 0 Å². The van der Waals surface area contributed by atoms with E-state index >= 15 is 0 Å². The van der Waals surface area contributed by atoms with Crippen molar-refractivity contribution in [1.82, 2.24) is 0 Å². The fourth-order valence-corrected chi connectivity index (χ4v) is 0.186. The molecule has 1 amide bonds. The number of nitrogens with two attached hydrogens (primary N) is 1. The first-order valence-electron chi connectivity index (χ1n) is 1.33. The van der Waals surface area contributed by atoms with Gasteiger partial charge in [-0.1, -0.05) is 11.6 Å². The van der Waals surface area contributed by atoms with Crippen LogP contribution >= 0.6 is 11.6 Å². The van der Waals surface area contributed by atoms with Gasteiger partial charge in [-0.25, -0.2) is 0 Å². The highest BCUT2D eigenvalue weighted by molar-refractivity contribution is 6.26. The number of hydrogen-bond donors (Lipinski definition) is 1. The smallest absolute Gasteiger partial charge is 0.242 e. The molecule has 0 aliphatic carbocycles. The molecule has 0 bridgehead atoms. The predicted molar refractivity (Wildman–Crippen MR) is 24.2 cm³/mol. The summed E-state index contributed by atoms with van der Waals surface area (Å²) in [6.07, 6.45) is 1.07. The van der Waals surface area contributed by atoms with Gasteiger partial charge in [0.25, 0.3) is 0 Å². The second-order valence-corrected chi connectivity index (χ2v) is 0.947. The van der Waals surface area contributed by atoms with Crippen molar-refractivity contribution in [2.24, 2.45) is 5.73 Å². The van der Waals surface area contributed by atoms with Crippen LogP contribution in [0.5, 0.6) is 0 Å². The normalized spacial score (nSPS) is 9.50. The summed E-state index contributed by atoms with van der Waals surface area (Å²) >= 11 is 4.92. The molecule has 0 aromatic heterocycles. The minimum atomic E-state index is -0.523. The van der Waals surface area contributed by atoms with Gasteiger partial charge in [-0.2, -0.15) is 0 Å². The molecule has 0 saturated carbocycles. The van der Waals surface area contributed by atoms with Gasteiger partial charge >= 0.3 is 0 Å². The lowest BCUT2D eigenvalue weighted by Crippen LogP contribution is -2.04. The summed E-state index contributed by atoms with van der Waals surface area (Å²) in [6.45, 7) is 0. The molecule has 0 spiro atoms. The van der Waals surface area contributed by atoms with Crippen LogP contribution in [0, 0.1) is 0 Å². The molecule has 6 heavy (non-hydrogen) atoms. The number of rotatable bonds is 1. The van der Waals surface area contributed by atoms with Crippen molar-refractivity contribution < 1.29 is 4.79 Å². The monoisotopic (exact) mass is 105 g/mol. The summed E-state index contributed by atoms with van der Waals surface area (Å²) in [7, 11) is 0. The Labute approximate surface area is 40.6 Å². The quantitative estimate of drug-likeness (QED) is 0.477. The summed E-state index contributed by atoms with van der Waals surface area (Å²) in [5, 5.41) is 0. The topological polar surface area (TPSA) is 43.1 Å². The minimum Gasteiger partial charge on any atom is -0.366 e. The Morgan fingerprint density at radius 2 is 2.33 bits per heavy atom. The minimum absolute atomic E-state index is 0.523. The third kappa shape index (κ3) is 3.50. The average Bonchev–Trinajstić information content (AvgIpc) is 1.35. The molecule has 0 heterocycles. The Bertz CT molecular complexity index is 78.9. The van der Waals surface area contributed by atoms with Gasteiger partial charge in [0.2, 0.25) is 5.91 Å². The van der Waals surface area contributed by atoms with Gasteiger partial charge in [0.1, 0.15) is 0 Å². The van der Waals surface area contributed by atoms with E-state index in [0.29, 0.717) is 0 Å². The lowest BCUT2D eigenvalue weighted by atomic mass is 10.6. The first kappa shape index (κ1) is 5.50. The maximum atomic E-state index is 9.65. The van der Waals surface area contributed by atoms with Gasteiger partial charge < -0.3 is 5.73 Å². The molecule has 0 aliphatic heterocycles. The number of primary amides is 1. The summed E-state index contributed by atoms with van der Waals surface area (Å²) in [5.41, 5.74) is 5.66. The van der Waals surface area contributed by atoms with Crippen molar-refractivity contribution >= 4 is 17.5 Å². The number of carbonyl (C=O) groups is 1. The number of carbonyl (C=O) groups excluding carboxylic acids is 1. The highest BCUT2D eigenvalue weighted by atomic mass is 35.5. The van der Waals surface area contributed by atoms with Crippen LogP contribution in [0.15, 0.2) is 11.6 Å². The number of hydrogen-bond acceptors (Lipinski definition) is 1. The van der Waals surface area contributed by atoms with Crippen molar-refractivity contribution in [3.63, 3.8) is 0 Å². The molecule has 0 saturated heterocycles. The van der Waals surface area contributed by atoms with Gasteiger partial charge in [0.15, 0.2) is 0 Å². The van der Waals surface area contributed by atoms with Crippen LogP contribution in [0.1, 0.15) is 0 Å². The van der Waals surface area contributed by atoms with E-state index in [1.807, 2.05) is 0 Å². The average molecular weight is 106 g/mol. The maximum Gasteiger partial charge on any atom is 0.242 e. The molecule has 0 fully saturated rings. The molecule has 0 unspecified atom stereocenters. The van der Waals surface area contributed by atoms with E-state index in [9.17, 15) is 4.79 Å². The van der Waals surface area contributed by atoms with E-state index in [1.54, 1.807) is 0 Å². The van der Waals surface area contributed by atoms with Crippen LogP contribution in [0.25, 0.3) is 0 Å². The second kappa shape index (κ2) is 2.72. The molecule has 34 valence electrons. The highest BCUT2D eigenvalue weighted by Gasteiger charge is 1.74. The molecular weight excluding hydrogens is 101 g/mol. The highest BCUT2D eigenvalue weighted by Crippen LogP contribution is 1.72. The molecular formula is C3H4ClNO. The van der Waals surface area contributed by atoms with Crippen molar-refractivity contribution in [2.75, 3.05) is 0 Å². The summed E-state index contributed by atoms with van der Waals surface area (Å²) < 4.78 is 0.